The normalized spacial score (nSPS) is 16.0. The highest BCUT2D eigenvalue weighted by molar-refractivity contribution is 6.31. The second-order valence-corrected chi connectivity index (χ2v) is 5.25. The van der Waals surface area contributed by atoms with Gasteiger partial charge in [-0.3, -0.25) is 0 Å². The molecule has 21 heavy (non-hydrogen) atoms. The summed E-state index contributed by atoms with van der Waals surface area (Å²) in [4.78, 5) is 6.63. The van der Waals surface area contributed by atoms with Crippen LogP contribution in [0.15, 0.2) is 12.1 Å². The van der Waals surface area contributed by atoms with Gasteiger partial charge in [0.2, 0.25) is 5.65 Å². The van der Waals surface area contributed by atoms with E-state index in [0.717, 1.165) is 26.2 Å². The lowest BCUT2D eigenvalue weighted by molar-refractivity contribution is 0.585. The van der Waals surface area contributed by atoms with Gasteiger partial charge in [-0.05, 0) is 16.5 Å². The molecule has 108 valence electrons. The number of fused-ring (bicyclic) bond motifs is 3. The van der Waals surface area contributed by atoms with Crippen LogP contribution >= 0.6 is 11.6 Å². The van der Waals surface area contributed by atoms with Gasteiger partial charge in [0.05, 0.1) is 16.1 Å². The lowest BCUT2D eigenvalue weighted by Crippen LogP contribution is -2.44. The number of tetrazole rings is 1. The maximum absolute atomic E-state index is 13.7. The molecule has 1 saturated heterocycles. The zero-order valence-electron chi connectivity index (χ0n) is 10.9. The summed E-state index contributed by atoms with van der Waals surface area (Å²) in [6, 6.07) is 2.80. The molecule has 1 aliphatic rings. The number of piperazine rings is 1. The van der Waals surface area contributed by atoms with Crippen molar-refractivity contribution in [2.24, 2.45) is 0 Å². The Balaban J connectivity index is 2.00. The predicted molar refractivity (Wildman–Crippen MR) is 76.1 cm³/mol. The third kappa shape index (κ3) is 1.98. The van der Waals surface area contributed by atoms with Gasteiger partial charge in [0.25, 0.3) is 0 Å². The molecular weight excluding hydrogens is 297 g/mol. The van der Waals surface area contributed by atoms with E-state index in [2.05, 4.69) is 30.7 Å². The van der Waals surface area contributed by atoms with E-state index in [-0.39, 0.29) is 5.02 Å². The molecule has 0 saturated carbocycles. The van der Waals surface area contributed by atoms with Crippen LogP contribution in [0.25, 0.3) is 16.7 Å². The van der Waals surface area contributed by atoms with Gasteiger partial charge in [0, 0.05) is 32.2 Å². The van der Waals surface area contributed by atoms with Crippen LogP contribution < -0.4 is 10.2 Å². The molecule has 3 aromatic rings. The van der Waals surface area contributed by atoms with Gasteiger partial charge in [-0.15, -0.1) is 5.10 Å². The Labute approximate surface area is 123 Å². The van der Waals surface area contributed by atoms with Crippen molar-refractivity contribution in [2.75, 3.05) is 31.1 Å². The molecule has 7 nitrogen and oxygen atoms in total. The molecule has 0 radical (unpaired) electrons. The average Bonchev–Trinajstić information content (AvgIpc) is 2.99. The maximum atomic E-state index is 13.7. The molecule has 0 unspecified atom stereocenters. The highest BCUT2D eigenvalue weighted by Crippen LogP contribution is 2.26. The van der Waals surface area contributed by atoms with Crippen molar-refractivity contribution >= 4 is 34.1 Å². The number of nitrogens with zero attached hydrogens (tertiary/aromatic N) is 6. The minimum absolute atomic E-state index is 0.0241. The fraction of sp³-hybridized carbons (Fsp3) is 0.333. The predicted octanol–water partition coefficient (Wildman–Crippen LogP) is 0.875. The van der Waals surface area contributed by atoms with E-state index in [1.165, 1.54) is 12.1 Å². The molecule has 2 aromatic heterocycles. The average molecular weight is 308 g/mol. The van der Waals surface area contributed by atoms with Crippen molar-refractivity contribution < 1.29 is 4.39 Å². The number of hydrogen-bond acceptors (Lipinski definition) is 6. The van der Waals surface area contributed by atoms with Crippen LogP contribution in [0, 0.1) is 5.82 Å². The molecule has 3 heterocycles. The maximum Gasteiger partial charge on any atom is 0.222 e. The molecule has 4 rings (SSSR count). The lowest BCUT2D eigenvalue weighted by Gasteiger charge is -2.28. The van der Waals surface area contributed by atoms with E-state index >= 15 is 0 Å². The Bertz CT molecular complexity index is 827. The molecule has 0 aliphatic carbocycles. The number of anilines is 1. The van der Waals surface area contributed by atoms with Gasteiger partial charge in [0.15, 0.2) is 5.82 Å². The number of rotatable bonds is 1. The summed E-state index contributed by atoms with van der Waals surface area (Å²) in [6.45, 7) is 3.33. The Hall–Kier alpha value is -2.06. The first-order valence-electron chi connectivity index (χ1n) is 6.56. The number of halogens is 2. The van der Waals surface area contributed by atoms with Crippen LogP contribution in [-0.2, 0) is 0 Å². The minimum atomic E-state index is -0.504. The zero-order valence-corrected chi connectivity index (χ0v) is 11.7. The van der Waals surface area contributed by atoms with E-state index in [1.54, 1.807) is 4.52 Å². The van der Waals surface area contributed by atoms with E-state index in [0.29, 0.717) is 22.5 Å². The number of nitrogens with one attached hydrogen (secondary N) is 1. The summed E-state index contributed by atoms with van der Waals surface area (Å²) in [5.74, 6) is 0.158. The Kier molecular flexibility index (Phi) is 2.86. The Morgan fingerprint density at radius 1 is 1.24 bits per heavy atom. The molecule has 1 aliphatic heterocycles. The smallest absolute Gasteiger partial charge is 0.222 e. The SMILES string of the molecule is Fc1cc2nc(N3CCNCC3)c3nnnn3c2cc1Cl. The van der Waals surface area contributed by atoms with Crippen LogP contribution in [0.4, 0.5) is 10.2 Å². The van der Waals surface area contributed by atoms with E-state index in [1.807, 2.05) is 0 Å². The van der Waals surface area contributed by atoms with Gasteiger partial charge in [0.1, 0.15) is 5.82 Å². The summed E-state index contributed by atoms with van der Waals surface area (Å²) in [6.07, 6.45) is 0. The van der Waals surface area contributed by atoms with Crippen molar-refractivity contribution in [1.82, 2.24) is 30.3 Å². The largest absolute Gasteiger partial charge is 0.351 e. The third-order valence-corrected chi connectivity index (χ3v) is 3.85. The first kappa shape index (κ1) is 12.7. The number of hydrogen-bond donors (Lipinski definition) is 1. The van der Waals surface area contributed by atoms with Gasteiger partial charge in [-0.1, -0.05) is 11.6 Å². The van der Waals surface area contributed by atoms with Crippen molar-refractivity contribution in [2.45, 2.75) is 0 Å². The highest BCUT2D eigenvalue weighted by Gasteiger charge is 2.20. The summed E-state index contributed by atoms with van der Waals surface area (Å²) in [5.41, 5.74) is 1.61. The minimum Gasteiger partial charge on any atom is -0.351 e. The monoisotopic (exact) mass is 307 g/mol. The van der Waals surface area contributed by atoms with Crippen molar-refractivity contribution in [1.29, 1.82) is 0 Å². The van der Waals surface area contributed by atoms with Gasteiger partial charge in [-0.2, -0.15) is 4.52 Å². The zero-order chi connectivity index (χ0) is 14.4. The fourth-order valence-corrected chi connectivity index (χ4v) is 2.68. The summed E-state index contributed by atoms with van der Waals surface area (Å²) < 4.78 is 15.2. The highest BCUT2D eigenvalue weighted by atomic mass is 35.5. The van der Waals surface area contributed by atoms with Crippen LogP contribution in [0.5, 0.6) is 0 Å². The number of benzene rings is 1. The van der Waals surface area contributed by atoms with Crippen LogP contribution in [0.1, 0.15) is 0 Å². The molecule has 0 bridgehead atoms. The van der Waals surface area contributed by atoms with Gasteiger partial charge >= 0.3 is 0 Å². The molecular formula is C12H11ClFN7. The van der Waals surface area contributed by atoms with Crippen LogP contribution in [0.2, 0.25) is 5.02 Å². The Morgan fingerprint density at radius 3 is 2.86 bits per heavy atom. The van der Waals surface area contributed by atoms with E-state index < -0.39 is 5.82 Å². The van der Waals surface area contributed by atoms with Crippen LogP contribution in [-0.4, -0.2) is 51.2 Å². The summed E-state index contributed by atoms with van der Waals surface area (Å²) in [5, 5.41) is 15.0. The quantitative estimate of drug-likeness (QED) is 0.719. The van der Waals surface area contributed by atoms with Crippen LogP contribution in [0.3, 0.4) is 0 Å². The van der Waals surface area contributed by atoms with E-state index in [4.69, 9.17) is 11.6 Å². The van der Waals surface area contributed by atoms with Gasteiger partial charge in [-0.25, -0.2) is 9.37 Å². The number of aromatic nitrogens is 5. The van der Waals surface area contributed by atoms with E-state index in [9.17, 15) is 4.39 Å². The first-order chi connectivity index (χ1) is 10.2. The molecule has 1 fully saturated rings. The topological polar surface area (TPSA) is 71.2 Å². The molecule has 0 spiro atoms. The lowest BCUT2D eigenvalue weighted by atomic mass is 10.2. The molecule has 9 heteroatoms. The van der Waals surface area contributed by atoms with Crippen molar-refractivity contribution in [3.63, 3.8) is 0 Å². The fourth-order valence-electron chi connectivity index (χ4n) is 2.53. The molecule has 0 atom stereocenters. The molecule has 1 aromatic carbocycles. The molecule has 1 N–H and O–H groups in total. The summed E-state index contributed by atoms with van der Waals surface area (Å²) >= 11 is 5.84. The second-order valence-electron chi connectivity index (χ2n) is 4.84. The first-order valence-corrected chi connectivity index (χ1v) is 6.94. The summed E-state index contributed by atoms with van der Waals surface area (Å²) in [7, 11) is 0. The second kappa shape index (κ2) is 4.74. The molecule has 0 amide bonds. The van der Waals surface area contributed by atoms with Crippen molar-refractivity contribution in [3.05, 3.63) is 23.0 Å². The standard InChI is InChI=1S/C12H11ClFN7/c13-7-5-10-9(6-8(7)14)16-11(12-17-18-19-21(10)12)20-3-1-15-2-4-20/h5-6,15H,1-4H2. The third-order valence-electron chi connectivity index (χ3n) is 3.56. The van der Waals surface area contributed by atoms with Crippen molar-refractivity contribution in [3.8, 4) is 0 Å². The van der Waals surface area contributed by atoms with Gasteiger partial charge < -0.3 is 10.2 Å². The Morgan fingerprint density at radius 2 is 2.05 bits per heavy atom.